The number of nitro groups is 1. The molecule has 2 fully saturated rings. The third-order valence-electron chi connectivity index (χ3n) is 5.17. The highest BCUT2D eigenvalue weighted by atomic mass is 79.9. The van der Waals surface area contributed by atoms with Gasteiger partial charge in [0, 0.05) is 25.0 Å². The highest BCUT2D eigenvalue weighted by molar-refractivity contribution is 9.10. The quantitative estimate of drug-likeness (QED) is 0.198. The van der Waals surface area contributed by atoms with Gasteiger partial charge < -0.3 is 14.2 Å². The molecular formula is C22H18BrNO7. The summed E-state index contributed by atoms with van der Waals surface area (Å²) in [7, 11) is 0. The smallest absolute Gasteiger partial charge is 0.348 e. The van der Waals surface area contributed by atoms with E-state index in [4.69, 9.17) is 14.2 Å². The Kier molecular flexibility index (Phi) is 5.77. The summed E-state index contributed by atoms with van der Waals surface area (Å²) in [5, 5.41) is 10.7. The molecule has 1 saturated carbocycles. The molecule has 1 heterocycles. The summed E-state index contributed by atoms with van der Waals surface area (Å²) < 4.78 is 17.2. The maximum absolute atomic E-state index is 12.4. The molecule has 0 unspecified atom stereocenters. The fraction of sp³-hybridized carbons (Fsp3) is 0.273. The summed E-state index contributed by atoms with van der Waals surface area (Å²) in [6.07, 6.45) is 4.20. The van der Waals surface area contributed by atoms with Crippen LogP contribution in [0.25, 0.3) is 6.08 Å². The topological polar surface area (TPSA) is 105 Å². The molecular weight excluding hydrogens is 470 g/mol. The number of hydrogen-bond acceptors (Lipinski definition) is 7. The van der Waals surface area contributed by atoms with Gasteiger partial charge in [-0.3, -0.25) is 10.1 Å². The predicted molar refractivity (Wildman–Crippen MR) is 113 cm³/mol. The van der Waals surface area contributed by atoms with Gasteiger partial charge in [-0.15, -0.1) is 0 Å². The van der Waals surface area contributed by atoms with Gasteiger partial charge in [-0.1, -0.05) is 6.07 Å². The van der Waals surface area contributed by atoms with Crippen LogP contribution in [-0.2, 0) is 25.7 Å². The van der Waals surface area contributed by atoms with Crippen molar-refractivity contribution in [3.8, 4) is 5.75 Å². The lowest BCUT2D eigenvalue weighted by atomic mass is 10.1. The molecule has 4 rings (SSSR count). The second-order valence-corrected chi connectivity index (χ2v) is 8.21. The van der Waals surface area contributed by atoms with Crippen LogP contribution in [0.4, 0.5) is 5.69 Å². The van der Waals surface area contributed by atoms with Crippen LogP contribution in [0.3, 0.4) is 0 Å². The SMILES string of the molecule is O=C1OC2(CCCC2)OC(=O)C1=Cc1ccc(OCc2ccc([N+](=O)[O-])cc2)c(Br)c1. The van der Waals surface area contributed by atoms with Crippen molar-refractivity contribution in [3.63, 3.8) is 0 Å². The minimum atomic E-state index is -1.10. The molecule has 2 aromatic rings. The first-order valence-electron chi connectivity index (χ1n) is 9.69. The highest BCUT2D eigenvalue weighted by Gasteiger charge is 2.47. The minimum absolute atomic E-state index is 0.0148. The number of carbonyl (C=O) groups excluding carboxylic acids is 2. The lowest BCUT2D eigenvalue weighted by Crippen LogP contribution is -2.44. The van der Waals surface area contributed by atoms with Gasteiger partial charge in [-0.25, -0.2) is 9.59 Å². The Morgan fingerprint density at radius 1 is 1.06 bits per heavy atom. The molecule has 0 aromatic heterocycles. The van der Waals surface area contributed by atoms with Crippen molar-refractivity contribution in [1.82, 2.24) is 0 Å². The van der Waals surface area contributed by atoms with Crippen molar-refractivity contribution in [3.05, 3.63) is 73.8 Å². The monoisotopic (exact) mass is 487 g/mol. The number of hydrogen-bond donors (Lipinski definition) is 0. The average molecular weight is 488 g/mol. The van der Waals surface area contributed by atoms with E-state index in [9.17, 15) is 19.7 Å². The van der Waals surface area contributed by atoms with Crippen molar-refractivity contribution in [1.29, 1.82) is 0 Å². The molecule has 9 heteroatoms. The maximum Gasteiger partial charge on any atom is 0.348 e. The summed E-state index contributed by atoms with van der Waals surface area (Å²) in [6.45, 7) is 0.220. The molecule has 2 aliphatic rings. The predicted octanol–water partition coefficient (Wildman–Crippen LogP) is 4.69. The molecule has 0 N–H and O–H groups in total. The molecule has 1 spiro atoms. The second kappa shape index (κ2) is 8.50. The van der Waals surface area contributed by atoms with E-state index in [0.717, 1.165) is 18.4 Å². The molecule has 8 nitrogen and oxygen atoms in total. The zero-order chi connectivity index (χ0) is 22.0. The van der Waals surface area contributed by atoms with E-state index in [1.54, 1.807) is 30.3 Å². The molecule has 1 aliphatic heterocycles. The Bertz CT molecular complexity index is 1050. The van der Waals surface area contributed by atoms with Crippen molar-refractivity contribution >= 4 is 39.6 Å². The van der Waals surface area contributed by atoms with Crippen molar-refractivity contribution < 1.29 is 28.7 Å². The molecule has 1 saturated heterocycles. The number of carbonyl (C=O) groups is 2. The minimum Gasteiger partial charge on any atom is -0.488 e. The summed E-state index contributed by atoms with van der Waals surface area (Å²) in [4.78, 5) is 35.0. The molecule has 0 amide bonds. The van der Waals surface area contributed by atoms with Crippen LogP contribution in [0, 0.1) is 10.1 Å². The Labute approximate surface area is 186 Å². The molecule has 31 heavy (non-hydrogen) atoms. The molecule has 1 aliphatic carbocycles. The first kappa shape index (κ1) is 21.0. The van der Waals surface area contributed by atoms with Crippen LogP contribution < -0.4 is 4.74 Å². The summed E-state index contributed by atoms with van der Waals surface area (Å²) in [5.41, 5.74) is 1.24. The Balaban J connectivity index is 1.44. The third-order valence-corrected chi connectivity index (χ3v) is 5.79. The fourth-order valence-corrected chi connectivity index (χ4v) is 4.06. The number of benzene rings is 2. The van der Waals surface area contributed by atoms with Crippen molar-refractivity contribution in [2.24, 2.45) is 0 Å². The first-order valence-corrected chi connectivity index (χ1v) is 10.5. The second-order valence-electron chi connectivity index (χ2n) is 7.36. The van der Waals surface area contributed by atoms with Gasteiger partial charge in [0.05, 0.1) is 9.40 Å². The molecule has 0 radical (unpaired) electrons. The number of nitro benzene ring substituents is 1. The van der Waals surface area contributed by atoms with Gasteiger partial charge in [0.15, 0.2) is 0 Å². The molecule has 160 valence electrons. The zero-order valence-corrected chi connectivity index (χ0v) is 17.9. The standard InChI is InChI=1S/C22H18BrNO7/c23-18-12-15(11-17-20(25)30-22(31-21(17)26)9-1-2-10-22)5-8-19(18)29-13-14-3-6-16(7-4-14)24(27)28/h3-8,11-12H,1-2,9-10,13H2. The van der Waals surface area contributed by atoms with Crippen LogP contribution >= 0.6 is 15.9 Å². The normalized spacial score (nSPS) is 17.3. The number of esters is 2. The Hall–Kier alpha value is -3.20. The van der Waals surface area contributed by atoms with Gasteiger partial charge in [-0.05, 0) is 70.2 Å². The van der Waals surface area contributed by atoms with E-state index in [2.05, 4.69) is 15.9 Å². The van der Waals surface area contributed by atoms with Crippen LogP contribution in [0.1, 0.15) is 36.8 Å². The largest absolute Gasteiger partial charge is 0.488 e. The summed E-state index contributed by atoms with van der Waals surface area (Å²) in [6, 6.07) is 11.2. The fourth-order valence-electron chi connectivity index (χ4n) is 3.55. The number of nitrogens with zero attached hydrogens (tertiary/aromatic N) is 1. The molecule has 0 bridgehead atoms. The van der Waals surface area contributed by atoms with Crippen LogP contribution in [0.2, 0.25) is 0 Å². The van der Waals surface area contributed by atoms with Gasteiger partial charge in [-0.2, -0.15) is 0 Å². The highest BCUT2D eigenvalue weighted by Crippen LogP contribution is 2.39. The molecule has 0 atom stereocenters. The van der Waals surface area contributed by atoms with E-state index in [-0.39, 0.29) is 17.9 Å². The average Bonchev–Trinajstić information content (AvgIpc) is 3.17. The lowest BCUT2D eigenvalue weighted by molar-refractivity contribution is -0.384. The van der Waals surface area contributed by atoms with Gasteiger partial charge in [0.2, 0.25) is 0 Å². The molecule has 2 aromatic carbocycles. The van der Waals surface area contributed by atoms with Crippen LogP contribution in [0.15, 0.2) is 52.5 Å². The number of non-ortho nitro benzene ring substituents is 1. The van der Waals surface area contributed by atoms with Crippen LogP contribution in [0.5, 0.6) is 5.75 Å². The van der Waals surface area contributed by atoms with Crippen molar-refractivity contribution in [2.75, 3.05) is 0 Å². The van der Waals surface area contributed by atoms with E-state index in [1.165, 1.54) is 18.2 Å². The Morgan fingerprint density at radius 3 is 2.29 bits per heavy atom. The van der Waals surface area contributed by atoms with Gasteiger partial charge in [0.1, 0.15) is 17.9 Å². The van der Waals surface area contributed by atoms with Gasteiger partial charge >= 0.3 is 11.9 Å². The van der Waals surface area contributed by atoms with E-state index in [0.29, 0.717) is 28.6 Å². The van der Waals surface area contributed by atoms with E-state index in [1.807, 2.05) is 0 Å². The van der Waals surface area contributed by atoms with E-state index < -0.39 is 22.6 Å². The first-order chi connectivity index (χ1) is 14.8. The zero-order valence-electron chi connectivity index (χ0n) is 16.3. The number of halogens is 1. The summed E-state index contributed by atoms with van der Waals surface area (Å²) in [5.74, 6) is -1.90. The number of rotatable bonds is 5. The summed E-state index contributed by atoms with van der Waals surface area (Å²) >= 11 is 3.42. The van der Waals surface area contributed by atoms with E-state index >= 15 is 0 Å². The van der Waals surface area contributed by atoms with Crippen molar-refractivity contribution in [2.45, 2.75) is 38.1 Å². The van der Waals surface area contributed by atoms with Gasteiger partial charge in [0.25, 0.3) is 11.5 Å². The van der Waals surface area contributed by atoms with Crippen LogP contribution in [-0.4, -0.2) is 22.6 Å². The number of ether oxygens (including phenoxy) is 3. The maximum atomic E-state index is 12.4. The third kappa shape index (κ3) is 4.61. The lowest BCUT2D eigenvalue weighted by Gasteiger charge is -2.32. The Morgan fingerprint density at radius 2 is 1.71 bits per heavy atom.